The van der Waals surface area contributed by atoms with Crippen molar-refractivity contribution in [3.05, 3.63) is 70.8 Å². The lowest BCUT2D eigenvalue weighted by atomic mass is 9.89. The first-order valence-corrected chi connectivity index (χ1v) is 9.63. The van der Waals surface area contributed by atoms with Crippen LogP contribution in [0.1, 0.15) is 87.0 Å². The summed E-state index contributed by atoms with van der Waals surface area (Å²) in [7, 11) is 0. The molecule has 0 spiro atoms. The molecule has 1 atom stereocenters. The standard InChI is InChI=1S/C24H32O/c1-18(2)21-10-8-20(9-11-21)6-5-7-23(16-17-25)24-14-12-22(13-15-24)19(3)4/h8-15,17-19,23H,5-7,16H2,1-4H3. The van der Waals surface area contributed by atoms with E-state index in [0.29, 0.717) is 24.2 Å². The van der Waals surface area contributed by atoms with Gasteiger partial charge in [-0.25, -0.2) is 0 Å². The van der Waals surface area contributed by atoms with Crippen LogP contribution in [0.15, 0.2) is 48.5 Å². The van der Waals surface area contributed by atoms with Crippen LogP contribution in [0.2, 0.25) is 0 Å². The van der Waals surface area contributed by atoms with E-state index in [1.54, 1.807) is 0 Å². The van der Waals surface area contributed by atoms with Gasteiger partial charge in [-0.2, -0.15) is 0 Å². The van der Waals surface area contributed by atoms with E-state index >= 15 is 0 Å². The van der Waals surface area contributed by atoms with E-state index in [0.717, 1.165) is 25.5 Å². The molecular weight excluding hydrogens is 304 g/mol. The average molecular weight is 337 g/mol. The monoisotopic (exact) mass is 336 g/mol. The fourth-order valence-electron chi connectivity index (χ4n) is 3.31. The minimum absolute atomic E-state index is 0.341. The molecule has 134 valence electrons. The van der Waals surface area contributed by atoms with Gasteiger partial charge in [0.25, 0.3) is 0 Å². The molecule has 25 heavy (non-hydrogen) atoms. The molecule has 0 amide bonds. The molecular formula is C24H32O. The highest BCUT2D eigenvalue weighted by Crippen LogP contribution is 2.27. The molecule has 0 radical (unpaired) electrons. The molecule has 0 saturated heterocycles. The third-order valence-corrected chi connectivity index (χ3v) is 5.12. The zero-order valence-corrected chi connectivity index (χ0v) is 16.2. The Morgan fingerprint density at radius 1 is 0.760 bits per heavy atom. The van der Waals surface area contributed by atoms with Crippen LogP contribution in [0.4, 0.5) is 0 Å². The number of aryl methyl sites for hydroxylation is 1. The topological polar surface area (TPSA) is 17.1 Å². The van der Waals surface area contributed by atoms with E-state index in [1.807, 2.05) is 0 Å². The number of carbonyl (C=O) groups is 1. The SMILES string of the molecule is CC(C)c1ccc(CCCC(CC=O)c2ccc(C(C)C)cc2)cc1. The van der Waals surface area contributed by atoms with Gasteiger partial charge in [0.2, 0.25) is 0 Å². The van der Waals surface area contributed by atoms with Crippen molar-refractivity contribution in [2.75, 3.05) is 0 Å². The van der Waals surface area contributed by atoms with Crippen molar-refractivity contribution in [2.24, 2.45) is 0 Å². The molecule has 2 rings (SSSR count). The van der Waals surface area contributed by atoms with Crippen molar-refractivity contribution in [3.63, 3.8) is 0 Å². The first-order valence-electron chi connectivity index (χ1n) is 9.63. The lowest BCUT2D eigenvalue weighted by Crippen LogP contribution is -2.02. The van der Waals surface area contributed by atoms with Gasteiger partial charge in [0.05, 0.1) is 0 Å². The molecule has 0 aromatic heterocycles. The van der Waals surface area contributed by atoms with Crippen LogP contribution in [-0.2, 0) is 11.2 Å². The first-order chi connectivity index (χ1) is 12.0. The van der Waals surface area contributed by atoms with Crippen LogP contribution in [0.5, 0.6) is 0 Å². The fourth-order valence-corrected chi connectivity index (χ4v) is 3.31. The van der Waals surface area contributed by atoms with Crippen LogP contribution in [-0.4, -0.2) is 6.29 Å². The molecule has 1 unspecified atom stereocenters. The van der Waals surface area contributed by atoms with Crippen LogP contribution >= 0.6 is 0 Å². The predicted molar refractivity (Wildman–Crippen MR) is 107 cm³/mol. The summed E-state index contributed by atoms with van der Waals surface area (Å²) in [6.07, 6.45) is 4.95. The van der Waals surface area contributed by atoms with Gasteiger partial charge in [-0.1, -0.05) is 76.2 Å². The van der Waals surface area contributed by atoms with Gasteiger partial charge in [0.15, 0.2) is 0 Å². The van der Waals surface area contributed by atoms with E-state index < -0.39 is 0 Å². The molecule has 0 heterocycles. The maximum Gasteiger partial charge on any atom is 0.120 e. The zero-order chi connectivity index (χ0) is 18.2. The minimum Gasteiger partial charge on any atom is -0.303 e. The fraction of sp³-hybridized carbons (Fsp3) is 0.458. The van der Waals surface area contributed by atoms with Crippen molar-refractivity contribution >= 4 is 6.29 Å². The Hall–Kier alpha value is -1.89. The van der Waals surface area contributed by atoms with Gasteiger partial charge in [-0.15, -0.1) is 0 Å². The quantitative estimate of drug-likeness (QED) is 0.470. The molecule has 0 fully saturated rings. The van der Waals surface area contributed by atoms with Gasteiger partial charge in [0, 0.05) is 6.42 Å². The number of hydrogen-bond acceptors (Lipinski definition) is 1. The second kappa shape index (κ2) is 9.56. The molecule has 0 saturated carbocycles. The summed E-state index contributed by atoms with van der Waals surface area (Å²) in [6, 6.07) is 17.8. The average Bonchev–Trinajstić information content (AvgIpc) is 2.61. The Labute approximate surface area is 153 Å². The molecule has 1 heteroatoms. The maximum atomic E-state index is 11.1. The highest BCUT2D eigenvalue weighted by atomic mass is 16.1. The van der Waals surface area contributed by atoms with Gasteiger partial charge < -0.3 is 4.79 Å². The van der Waals surface area contributed by atoms with Crippen LogP contribution in [0, 0.1) is 0 Å². The van der Waals surface area contributed by atoms with Crippen molar-refractivity contribution in [2.45, 2.75) is 71.1 Å². The Bertz CT molecular complexity index is 635. The number of aldehydes is 1. The molecule has 0 N–H and O–H groups in total. The third kappa shape index (κ3) is 5.85. The molecule has 0 bridgehead atoms. The van der Waals surface area contributed by atoms with Crippen LogP contribution in [0.25, 0.3) is 0 Å². The van der Waals surface area contributed by atoms with Gasteiger partial charge in [0.1, 0.15) is 6.29 Å². The normalized spacial score (nSPS) is 12.6. The second-order valence-electron chi connectivity index (χ2n) is 7.71. The number of carbonyl (C=O) groups excluding carboxylic acids is 1. The predicted octanol–water partition coefficient (Wildman–Crippen LogP) is 6.63. The molecule has 0 aliphatic heterocycles. The Morgan fingerprint density at radius 2 is 1.24 bits per heavy atom. The van der Waals surface area contributed by atoms with Crippen LogP contribution in [0.3, 0.4) is 0 Å². The van der Waals surface area contributed by atoms with E-state index in [2.05, 4.69) is 76.2 Å². The van der Waals surface area contributed by atoms with Gasteiger partial charge in [-0.05, 0) is 59.3 Å². The minimum atomic E-state index is 0.341. The number of benzene rings is 2. The highest BCUT2D eigenvalue weighted by Gasteiger charge is 2.12. The molecule has 2 aromatic carbocycles. The Morgan fingerprint density at radius 3 is 1.72 bits per heavy atom. The zero-order valence-electron chi connectivity index (χ0n) is 16.2. The van der Waals surface area contributed by atoms with E-state index in [1.165, 1.54) is 22.3 Å². The summed E-state index contributed by atoms with van der Waals surface area (Å²) < 4.78 is 0. The Kier molecular flexibility index (Phi) is 7.43. The Balaban J connectivity index is 1.93. The van der Waals surface area contributed by atoms with Crippen molar-refractivity contribution in [1.82, 2.24) is 0 Å². The lowest BCUT2D eigenvalue weighted by Gasteiger charge is -2.16. The van der Waals surface area contributed by atoms with Crippen molar-refractivity contribution in [3.8, 4) is 0 Å². The summed E-state index contributed by atoms with van der Waals surface area (Å²) in [5.41, 5.74) is 5.45. The third-order valence-electron chi connectivity index (χ3n) is 5.12. The largest absolute Gasteiger partial charge is 0.303 e. The molecule has 0 aliphatic carbocycles. The first kappa shape index (κ1) is 19.4. The highest BCUT2D eigenvalue weighted by molar-refractivity contribution is 5.51. The smallest absolute Gasteiger partial charge is 0.120 e. The van der Waals surface area contributed by atoms with E-state index in [9.17, 15) is 4.79 Å². The number of rotatable bonds is 9. The summed E-state index contributed by atoms with van der Waals surface area (Å²) >= 11 is 0. The molecule has 2 aromatic rings. The second-order valence-corrected chi connectivity index (χ2v) is 7.71. The lowest BCUT2D eigenvalue weighted by molar-refractivity contribution is -0.108. The van der Waals surface area contributed by atoms with Crippen molar-refractivity contribution in [1.29, 1.82) is 0 Å². The molecule has 0 aliphatic rings. The van der Waals surface area contributed by atoms with Crippen molar-refractivity contribution < 1.29 is 4.79 Å². The number of hydrogen-bond donors (Lipinski definition) is 0. The summed E-state index contributed by atoms with van der Waals surface area (Å²) in [5.74, 6) is 1.47. The van der Waals surface area contributed by atoms with E-state index in [-0.39, 0.29) is 0 Å². The van der Waals surface area contributed by atoms with Crippen LogP contribution < -0.4 is 0 Å². The summed E-state index contributed by atoms with van der Waals surface area (Å²) in [4.78, 5) is 11.1. The van der Waals surface area contributed by atoms with Gasteiger partial charge in [-0.3, -0.25) is 0 Å². The maximum absolute atomic E-state index is 11.1. The summed E-state index contributed by atoms with van der Waals surface area (Å²) in [6.45, 7) is 8.87. The van der Waals surface area contributed by atoms with Gasteiger partial charge >= 0.3 is 0 Å². The summed E-state index contributed by atoms with van der Waals surface area (Å²) in [5, 5.41) is 0. The molecule has 1 nitrogen and oxygen atoms in total. The van der Waals surface area contributed by atoms with E-state index in [4.69, 9.17) is 0 Å².